The lowest BCUT2D eigenvalue weighted by molar-refractivity contribution is -0.308. The zero-order valence-electron chi connectivity index (χ0n) is 19.6. The largest absolute Gasteiger partial charge is 0.480 e. The van der Waals surface area contributed by atoms with Gasteiger partial charge in [-0.15, -0.1) is 0 Å². The van der Waals surface area contributed by atoms with Crippen LogP contribution in [0.4, 0.5) is 50.0 Å². The number of hydrogen-bond donors (Lipinski definition) is 2. The van der Waals surface area contributed by atoms with Crippen molar-refractivity contribution in [3.8, 4) is 0 Å². The lowest BCUT2D eigenvalue weighted by Gasteiger charge is -2.45. The first-order valence-electron chi connectivity index (χ1n) is 11.4. The summed E-state index contributed by atoms with van der Waals surface area (Å²) in [7, 11) is 0. The van der Waals surface area contributed by atoms with E-state index >= 15 is 0 Å². The Morgan fingerprint density at radius 3 is 2.11 bits per heavy atom. The molecule has 16 heteroatoms. The van der Waals surface area contributed by atoms with Gasteiger partial charge in [-0.3, -0.25) is 9.69 Å². The third-order valence-electron chi connectivity index (χ3n) is 6.74. The Morgan fingerprint density at radius 2 is 1.58 bits per heavy atom. The molecule has 0 atom stereocenters. The molecule has 1 aromatic rings. The predicted molar refractivity (Wildman–Crippen MR) is 113 cm³/mol. The van der Waals surface area contributed by atoms with Crippen LogP contribution in [0.3, 0.4) is 0 Å². The quantitative estimate of drug-likeness (QED) is 0.458. The van der Waals surface area contributed by atoms with Gasteiger partial charge in [0.15, 0.2) is 0 Å². The van der Waals surface area contributed by atoms with Crippen molar-refractivity contribution in [2.75, 3.05) is 31.5 Å². The number of hydrogen-bond acceptors (Lipinski definition) is 5. The number of benzene rings is 1. The van der Waals surface area contributed by atoms with Crippen LogP contribution < -0.4 is 5.32 Å². The van der Waals surface area contributed by atoms with Crippen molar-refractivity contribution in [3.63, 3.8) is 0 Å². The monoisotopic (exact) mass is 565 g/mol. The maximum absolute atomic E-state index is 13.2. The number of ether oxygens (including phenoxy) is 1. The van der Waals surface area contributed by atoms with Gasteiger partial charge >= 0.3 is 30.6 Å². The van der Waals surface area contributed by atoms with Gasteiger partial charge < -0.3 is 20.1 Å². The standard InChI is InChI=1S/C22H24F9N3O4/c23-20(24,25)14-3-2-13(15(10-14)32-11-16(35)36)12-34-7-1-4-19(34)5-8-33(9-6-19)18(37)38-17(21(26,27)28)22(29,30)31/h2-3,10,17,32H,1,4-9,11-12H2,(H,35,36). The number of likely N-dealkylation sites (tertiary alicyclic amines) is 2. The Kier molecular flexibility index (Phi) is 8.34. The number of rotatable bonds is 6. The van der Waals surface area contributed by atoms with Crippen LogP contribution in [0.2, 0.25) is 0 Å². The molecule has 38 heavy (non-hydrogen) atoms. The van der Waals surface area contributed by atoms with Gasteiger partial charge in [0.1, 0.15) is 6.54 Å². The molecule has 1 spiro atoms. The van der Waals surface area contributed by atoms with E-state index in [1.807, 2.05) is 4.90 Å². The number of carbonyl (C=O) groups is 2. The second kappa shape index (κ2) is 10.7. The predicted octanol–water partition coefficient (Wildman–Crippen LogP) is 5.26. The third kappa shape index (κ3) is 6.94. The molecule has 0 unspecified atom stereocenters. The fourth-order valence-corrected chi connectivity index (χ4v) is 4.84. The van der Waals surface area contributed by atoms with Gasteiger partial charge in [0.05, 0.1) is 5.56 Å². The van der Waals surface area contributed by atoms with Crippen molar-refractivity contribution in [3.05, 3.63) is 29.3 Å². The van der Waals surface area contributed by atoms with Crippen LogP contribution in [0.5, 0.6) is 0 Å². The van der Waals surface area contributed by atoms with Crippen LogP contribution in [0.15, 0.2) is 18.2 Å². The van der Waals surface area contributed by atoms with E-state index in [4.69, 9.17) is 5.11 Å². The van der Waals surface area contributed by atoms with E-state index in [0.29, 0.717) is 24.9 Å². The van der Waals surface area contributed by atoms with Crippen LogP contribution in [0.25, 0.3) is 0 Å². The molecule has 2 heterocycles. The molecule has 0 aliphatic carbocycles. The van der Waals surface area contributed by atoms with E-state index in [1.54, 1.807) is 0 Å². The maximum atomic E-state index is 13.2. The summed E-state index contributed by atoms with van der Waals surface area (Å²) in [4.78, 5) is 25.8. The number of carbonyl (C=O) groups excluding carboxylic acids is 1. The Morgan fingerprint density at radius 1 is 0.974 bits per heavy atom. The average molecular weight is 565 g/mol. The molecular weight excluding hydrogens is 541 g/mol. The number of nitrogens with zero attached hydrogens (tertiary/aromatic N) is 2. The first kappa shape index (κ1) is 29.6. The lowest BCUT2D eigenvalue weighted by Crippen LogP contribution is -2.54. The van der Waals surface area contributed by atoms with Gasteiger partial charge in [0, 0.05) is 30.9 Å². The van der Waals surface area contributed by atoms with E-state index in [9.17, 15) is 49.1 Å². The van der Waals surface area contributed by atoms with E-state index in [0.717, 1.165) is 17.0 Å². The number of aliphatic carboxylic acids is 1. The lowest BCUT2D eigenvalue weighted by atomic mass is 9.84. The van der Waals surface area contributed by atoms with Crippen molar-refractivity contribution in [1.29, 1.82) is 0 Å². The number of carboxylic acid groups (broad SMARTS) is 1. The maximum Gasteiger partial charge on any atom is 0.434 e. The van der Waals surface area contributed by atoms with Crippen LogP contribution in [-0.2, 0) is 22.3 Å². The van der Waals surface area contributed by atoms with Crippen molar-refractivity contribution in [2.24, 2.45) is 0 Å². The van der Waals surface area contributed by atoms with Gasteiger partial charge in [0.2, 0.25) is 0 Å². The minimum absolute atomic E-state index is 0.0318. The Bertz CT molecular complexity index is 1000. The molecule has 2 aliphatic heterocycles. The van der Waals surface area contributed by atoms with Crippen molar-refractivity contribution in [1.82, 2.24) is 9.80 Å². The minimum Gasteiger partial charge on any atom is -0.480 e. The Labute approximate surface area is 210 Å². The Hall–Kier alpha value is -2.91. The van der Waals surface area contributed by atoms with Gasteiger partial charge in [-0.1, -0.05) is 6.07 Å². The summed E-state index contributed by atoms with van der Waals surface area (Å²) in [6.45, 7) is -0.403. The second-order valence-corrected chi connectivity index (χ2v) is 9.20. The zero-order chi connectivity index (χ0) is 28.5. The van der Waals surface area contributed by atoms with Crippen LogP contribution in [0.1, 0.15) is 36.8 Å². The molecule has 1 aromatic carbocycles. The minimum atomic E-state index is -5.83. The van der Waals surface area contributed by atoms with E-state index < -0.39 is 54.3 Å². The van der Waals surface area contributed by atoms with Crippen LogP contribution in [-0.4, -0.2) is 77.1 Å². The molecule has 214 valence electrons. The molecule has 2 N–H and O–H groups in total. The first-order chi connectivity index (χ1) is 17.4. The molecule has 2 aliphatic rings. The molecule has 0 radical (unpaired) electrons. The normalized spacial score (nSPS) is 18.7. The van der Waals surface area contributed by atoms with Crippen LogP contribution in [0, 0.1) is 0 Å². The smallest absolute Gasteiger partial charge is 0.434 e. The highest BCUT2D eigenvalue weighted by Gasteiger charge is 2.60. The Balaban J connectivity index is 1.72. The fourth-order valence-electron chi connectivity index (χ4n) is 4.84. The molecule has 0 bridgehead atoms. The average Bonchev–Trinajstić information content (AvgIpc) is 3.16. The highest BCUT2D eigenvalue weighted by Crippen LogP contribution is 2.42. The van der Waals surface area contributed by atoms with Gasteiger partial charge in [-0.25, -0.2) is 4.79 Å². The summed E-state index contributed by atoms with van der Waals surface area (Å²) in [5.74, 6) is -1.29. The number of carboxylic acids is 1. The number of alkyl halides is 9. The molecular formula is C22H24F9N3O4. The second-order valence-electron chi connectivity index (χ2n) is 9.20. The summed E-state index contributed by atoms with van der Waals surface area (Å²) in [5, 5.41) is 11.4. The zero-order valence-corrected chi connectivity index (χ0v) is 19.6. The van der Waals surface area contributed by atoms with Gasteiger partial charge in [0.25, 0.3) is 6.10 Å². The number of amides is 1. The van der Waals surface area contributed by atoms with E-state index in [1.165, 1.54) is 6.07 Å². The highest BCUT2D eigenvalue weighted by molar-refractivity contribution is 5.73. The molecule has 1 amide bonds. The summed E-state index contributed by atoms with van der Waals surface area (Å²) in [5.41, 5.74) is -1.24. The van der Waals surface area contributed by atoms with Crippen molar-refractivity contribution < 1.29 is 58.9 Å². The number of nitrogens with one attached hydrogen (secondary N) is 1. The van der Waals surface area contributed by atoms with Gasteiger partial charge in [-0.05, 0) is 49.9 Å². The summed E-state index contributed by atoms with van der Waals surface area (Å²) < 4.78 is 120. The number of halogens is 9. The molecule has 2 fully saturated rings. The molecule has 0 aromatic heterocycles. The van der Waals surface area contributed by atoms with Crippen LogP contribution >= 0.6 is 0 Å². The highest BCUT2D eigenvalue weighted by atomic mass is 19.4. The number of anilines is 1. The molecule has 0 saturated carbocycles. The summed E-state index contributed by atoms with van der Waals surface area (Å²) in [6.07, 6.45) is -20.7. The fraction of sp³-hybridized carbons (Fsp3) is 0.636. The van der Waals surface area contributed by atoms with Gasteiger partial charge in [-0.2, -0.15) is 39.5 Å². The summed E-state index contributed by atoms with van der Waals surface area (Å²) in [6, 6.07) is 2.89. The van der Waals surface area contributed by atoms with Crippen molar-refractivity contribution >= 4 is 17.7 Å². The topological polar surface area (TPSA) is 82.1 Å². The third-order valence-corrected chi connectivity index (χ3v) is 6.74. The number of piperidine rings is 1. The molecule has 7 nitrogen and oxygen atoms in total. The summed E-state index contributed by atoms with van der Waals surface area (Å²) >= 11 is 0. The SMILES string of the molecule is O=C(O)CNc1cc(C(F)(F)F)ccc1CN1CCCC12CCN(C(=O)OC(C(F)(F)F)C(F)(F)F)CC2. The first-order valence-corrected chi connectivity index (χ1v) is 11.4. The van der Waals surface area contributed by atoms with E-state index in [2.05, 4.69) is 10.1 Å². The van der Waals surface area contributed by atoms with Crippen molar-refractivity contribution in [2.45, 2.75) is 62.4 Å². The molecule has 3 rings (SSSR count). The van der Waals surface area contributed by atoms with E-state index in [-0.39, 0.29) is 38.2 Å². The molecule has 2 saturated heterocycles.